The summed E-state index contributed by atoms with van der Waals surface area (Å²) in [6.45, 7) is 5.07. The van der Waals surface area contributed by atoms with Crippen LogP contribution in [0.5, 0.6) is 0 Å². The third-order valence-corrected chi connectivity index (χ3v) is 2.77. The Morgan fingerprint density at radius 1 is 0.933 bits per heavy atom. The number of hydrogen-bond acceptors (Lipinski definition) is 2. The summed E-state index contributed by atoms with van der Waals surface area (Å²) >= 11 is 0. The normalized spacial score (nSPS) is 42.2. The molecule has 2 nitrogen and oxygen atoms in total. The predicted molar refractivity (Wildman–Crippen MR) is 44.5 cm³/mol. The van der Waals surface area contributed by atoms with Crippen LogP contribution in [0.3, 0.4) is 0 Å². The van der Waals surface area contributed by atoms with Crippen LogP contribution in [0.4, 0.5) is 17.6 Å². The molecular formula is C9H14F4O2. The zero-order valence-electron chi connectivity index (χ0n) is 8.98. The van der Waals surface area contributed by atoms with E-state index in [9.17, 15) is 17.6 Å². The molecule has 0 amide bonds. The SMILES string of the molecule is CC(C)C(C)C1(F)OC(F)(F)OC1(C)F. The van der Waals surface area contributed by atoms with Crippen molar-refractivity contribution in [2.45, 2.75) is 45.7 Å². The minimum absolute atomic E-state index is 0.359. The highest BCUT2D eigenvalue weighted by molar-refractivity contribution is 4.93. The van der Waals surface area contributed by atoms with E-state index in [0.29, 0.717) is 6.92 Å². The van der Waals surface area contributed by atoms with E-state index >= 15 is 0 Å². The van der Waals surface area contributed by atoms with Gasteiger partial charge in [-0.2, -0.15) is 0 Å². The van der Waals surface area contributed by atoms with Gasteiger partial charge in [0.1, 0.15) is 0 Å². The van der Waals surface area contributed by atoms with E-state index in [2.05, 4.69) is 9.47 Å². The van der Waals surface area contributed by atoms with Crippen molar-refractivity contribution in [3.8, 4) is 0 Å². The average molecular weight is 230 g/mol. The van der Waals surface area contributed by atoms with Crippen molar-refractivity contribution in [1.82, 2.24) is 0 Å². The molecule has 3 atom stereocenters. The van der Waals surface area contributed by atoms with Gasteiger partial charge in [0.2, 0.25) is 0 Å². The van der Waals surface area contributed by atoms with Gasteiger partial charge in [0, 0.05) is 12.8 Å². The van der Waals surface area contributed by atoms with Gasteiger partial charge in [-0.25, -0.2) is 8.78 Å². The molecule has 0 aromatic rings. The first kappa shape index (κ1) is 12.7. The van der Waals surface area contributed by atoms with Crippen molar-refractivity contribution >= 4 is 0 Å². The summed E-state index contributed by atoms with van der Waals surface area (Å²) < 4.78 is 60.3. The molecule has 1 fully saturated rings. The minimum atomic E-state index is -4.22. The molecule has 0 aromatic heterocycles. The molecule has 3 unspecified atom stereocenters. The van der Waals surface area contributed by atoms with Crippen molar-refractivity contribution in [2.24, 2.45) is 11.8 Å². The molecule has 0 saturated carbocycles. The maximum atomic E-state index is 14.0. The fourth-order valence-electron chi connectivity index (χ4n) is 1.51. The molecule has 1 aliphatic rings. The zero-order chi connectivity index (χ0) is 12.1. The molecule has 0 radical (unpaired) electrons. The molecular weight excluding hydrogens is 216 g/mol. The molecule has 90 valence electrons. The number of alkyl halides is 4. The van der Waals surface area contributed by atoms with Crippen molar-refractivity contribution in [3.05, 3.63) is 0 Å². The highest BCUT2D eigenvalue weighted by atomic mass is 19.3. The van der Waals surface area contributed by atoms with E-state index in [0.717, 1.165) is 0 Å². The molecule has 6 heteroatoms. The van der Waals surface area contributed by atoms with Gasteiger partial charge in [-0.3, -0.25) is 9.47 Å². The maximum absolute atomic E-state index is 14.0. The maximum Gasteiger partial charge on any atom is 0.491 e. The lowest BCUT2D eigenvalue weighted by Gasteiger charge is -2.33. The lowest BCUT2D eigenvalue weighted by atomic mass is 9.86. The van der Waals surface area contributed by atoms with Crippen LogP contribution >= 0.6 is 0 Å². The molecule has 1 heterocycles. The van der Waals surface area contributed by atoms with E-state index in [1.165, 1.54) is 6.92 Å². The van der Waals surface area contributed by atoms with Gasteiger partial charge in [0.05, 0.1) is 0 Å². The van der Waals surface area contributed by atoms with Crippen LogP contribution in [-0.2, 0) is 9.47 Å². The summed E-state index contributed by atoms with van der Waals surface area (Å²) in [4.78, 5) is 0. The van der Waals surface area contributed by atoms with Crippen molar-refractivity contribution in [1.29, 1.82) is 0 Å². The van der Waals surface area contributed by atoms with Crippen LogP contribution in [0.2, 0.25) is 0 Å². The van der Waals surface area contributed by atoms with Crippen LogP contribution in [0.15, 0.2) is 0 Å². The topological polar surface area (TPSA) is 18.5 Å². The van der Waals surface area contributed by atoms with Crippen LogP contribution in [0.1, 0.15) is 27.7 Å². The van der Waals surface area contributed by atoms with E-state index < -0.39 is 23.9 Å². The Bertz CT molecular complexity index is 254. The highest BCUT2D eigenvalue weighted by Gasteiger charge is 2.71. The smallest absolute Gasteiger partial charge is 0.252 e. The fourth-order valence-corrected chi connectivity index (χ4v) is 1.51. The quantitative estimate of drug-likeness (QED) is 0.678. The van der Waals surface area contributed by atoms with Crippen molar-refractivity contribution < 1.29 is 27.0 Å². The Morgan fingerprint density at radius 3 is 1.67 bits per heavy atom. The van der Waals surface area contributed by atoms with Crippen LogP contribution in [0, 0.1) is 11.8 Å². The molecule has 1 aliphatic heterocycles. The molecule has 0 N–H and O–H groups in total. The van der Waals surface area contributed by atoms with Crippen molar-refractivity contribution in [3.63, 3.8) is 0 Å². The molecule has 1 saturated heterocycles. The summed E-state index contributed by atoms with van der Waals surface area (Å²) in [6, 6.07) is 0. The van der Waals surface area contributed by atoms with Crippen LogP contribution in [0.25, 0.3) is 0 Å². The predicted octanol–water partition coefficient (Wildman–Crippen LogP) is 3.23. The summed E-state index contributed by atoms with van der Waals surface area (Å²) in [5, 5.41) is 0. The largest absolute Gasteiger partial charge is 0.491 e. The van der Waals surface area contributed by atoms with Gasteiger partial charge in [-0.1, -0.05) is 20.8 Å². The van der Waals surface area contributed by atoms with Gasteiger partial charge in [-0.05, 0) is 5.92 Å². The van der Waals surface area contributed by atoms with E-state index in [1.807, 2.05) is 0 Å². The van der Waals surface area contributed by atoms with Crippen molar-refractivity contribution in [2.75, 3.05) is 0 Å². The van der Waals surface area contributed by atoms with Gasteiger partial charge < -0.3 is 0 Å². The Balaban J connectivity index is 3.02. The van der Waals surface area contributed by atoms with Crippen LogP contribution in [-0.4, -0.2) is 18.0 Å². The molecule has 0 aromatic carbocycles. The molecule has 0 aliphatic carbocycles. The standard InChI is InChI=1S/C9H14F4O2/c1-5(2)6(3)8(11)7(4,10)14-9(12,13)15-8/h5-6H,1-4H3. The fraction of sp³-hybridized carbons (Fsp3) is 1.00. The lowest BCUT2D eigenvalue weighted by molar-refractivity contribution is -0.378. The van der Waals surface area contributed by atoms with E-state index in [1.54, 1.807) is 13.8 Å². The summed E-state index contributed by atoms with van der Waals surface area (Å²) in [7, 11) is 0. The zero-order valence-corrected chi connectivity index (χ0v) is 8.98. The first-order valence-corrected chi connectivity index (χ1v) is 4.68. The van der Waals surface area contributed by atoms with Gasteiger partial charge >= 0.3 is 6.29 Å². The molecule has 0 bridgehead atoms. The summed E-state index contributed by atoms with van der Waals surface area (Å²) in [5.74, 6) is -7.70. The number of halogens is 4. The Morgan fingerprint density at radius 2 is 1.40 bits per heavy atom. The van der Waals surface area contributed by atoms with E-state index in [-0.39, 0.29) is 5.92 Å². The number of ether oxygens (including phenoxy) is 2. The number of rotatable bonds is 2. The average Bonchev–Trinajstić information content (AvgIpc) is 2.14. The lowest BCUT2D eigenvalue weighted by Crippen LogP contribution is -2.49. The first-order valence-electron chi connectivity index (χ1n) is 4.68. The Kier molecular flexibility index (Phi) is 2.81. The minimum Gasteiger partial charge on any atom is -0.252 e. The highest BCUT2D eigenvalue weighted by Crippen LogP contribution is 2.52. The molecule has 0 spiro atoms. The summed E-state index contributed by atoms with van der Waals surface area (Å²) in [6.07, 6.45) is -4.22. The third-order valence-electron chi connectivity index (χ3n) is 2.77. The van der Waals surface area contributed by atoms with E-state index in [4.69, 9.17) is 0 Å². The molecule has 15 heavy (non-hydrogen) atoms. The second-order valence-corrected chi connectivity index (χ2v) is 4.26. The molecule has 1 rings (SSSR count). The first-order chi connectivity index (χ1) is 6.52. The Labute approximate surface area is 85.5 Å². The van der Waals surface area contributed by atoms with Crippen LogP contribution < -0.4 is 0 Å². The second kappa shape index (κ2) is 3.31. The Hall–Kier alpha value is -0.360. The second-order valence-electron chi connectivity index (χ2n) is 4.26. The van der Waals surface area contributed by atoms with Gasteiger partial charge in [-0.15, -0.1) is 8.78 Å². The summed E-state index contributed by atoms with van der Waals surface area (Å²) in [5.41, 5.74) is 0. The van der Waals surface area contributed by atoms with Gasteiger partial charge in [0.15, 0.2) is 0 Å². The monoisotopic (exact) mass is 230 g/mol. The number of hydrogen-bond donors (Lipinski definition) is 0. The van der Waals surface area contributed by atoms with Gasteiger partial charge in [0.25, 0.3) is 11.7 Å². The third kappa shape index (κ3) is 1.97.